The Morgan fingerprint density at radius 3 is 2.74 bits per heavy atom. The molecule has 3 aromatic rings. The lowest BCUT2D eigenvalue weighted by atomic mass is 10.1. The Hall–Kier alpha value is -2.99. The van der Waals surface area contributed by atoms with Crippen molar-refractivity contribution in [3.63, 3.8) is 0 Å². The fourth-order valence-corrected chi connectivity index (χ4v) is 3.15. The molecule has 0 saturated heterocycles. The Bertz CT molecular complexity index is 1030. The molecule has 27 heavy (non-hydrogen) atoms. The maximum absolute atomic E-state index is 12.5. The Morgan fingerprint density at radius 1 is 1.19 bits per heavy atom. The third-order valence-corrected chi connectivity index (χ3v) is 4.50. The number of nitrogens with one attached hydrogen (secondary N) is 2. The smallest absolute Gasteiger partial charge is 0.258 e. The number of aryl methyl sites for hydroxylation is 2. The number of nitrogens with zero attached hydrogens (tertiary/aromatic N) is 2. The van der Waals surface area contributed by atoms with Crippen LogP contribution in [0.2, 0.25) is 0 Å². The second-order valence-electron chi connectivity index (χ2n) is 6.71. The molecule has 0 saturated carbocycles. The highest BCUT2D eigenvalue weighted by atomic mass is 16.2. The Labute approximate surface area is 158 Å². The number of fused-ring (bicyclic) bond motifs is 1. The van der Waals surface area contributed by atoms with Gasteiger partial charge in [0, 0.05) is 5.69 Å². The zero-order chi connectivity index (χ0) is 19.4. The van der Waals surface area contributed by atoms with E-state index < -0.39 is 0 Å². The summed E-state index contributed by atoms with van der Waals surface area (Å²) < 4.78 is 0. The first kappa shape index (κ1) is 18.8. The van der Waals surface area contributed by atoms with Crippen LogP contribution < -0.4 is 10.9 Å². The molecule has 0 fully saturated rings. The van der Waals surface area contributed by atoms with Gasteiger partial charge in [-0.15, -0.1) is 0 Å². The van der Waals surface area contributed by atoms with Crippen LogP contribution in [0, 0.1) is 6.92 Å². The fourth-order valence-electron chi connectivity index (χ4n) is 3.15. The van der Waals surface area contributed by atoms with E-state index in [4.69, 9.17) is 0 Å². The number of para-hydroxylation sites is 2. The third kappa shape index (κ3) is 4.41. The van der Waals surface area contributed by atoms with Crippen molar-refractivity contribution in [3.05, 3.63) is 69.8 Å². The minimum Gasteiger partial charge on any atom is -0.324 e. The van der Waals surface area contributed by atoms with E-state index in [2.05, 4.69) is 22.2 Å². The van der Waals surface area contributed by atoms with Crippen LogP contribution in [0.1, 0.15) is 23.9 Å². The van der Waals surface area contributed by atoms with Crippen LogP contribution in [0.4, 0.5) is 5.69 Å². The van der Waals surface area contributed by atoms with E-state index in [1.165, 1.54) is 0 Å². The molecule has 1 heterocycles. The normalized spacial score (nSPS) is 11.1. The van der Waals surface area contributed by atoms with Crippen molar-refractivity contribution < 1.29 is 4.79 Å². The number of rotatable bonds is 6. The van der Waals surface area contributed by atoms with Gasteiger partial charge in [-0.05, 0) is 43.7 Å². The van der Waals surface area contributed by atoms with Crippen LogP contribution in [0.15, 0.2) is 47.3 Å². The molecule has 140 valence electrons. The summed E-state index contributed by atoms with van der Waals surface area (Å²) >= 11 is 0. The molecular weight excluding hydrogens is 340 g/mol. The van der Waals surface area contributed by atoms with Gasteiger partial charge in [0.25, 0.3) is 5.56 Å². The Morgan fingerprint density at radius 2 is 1.96 bits per heavy atom. The molecule has 0 aliphatic rings. The van der Waals surface area contributed by atoms with Crippen LogP contribution in [0.3, 0.4) is 0 Å². The molecule has 0 spiro atoms. The summed E-state index contributed by atoms with van der Waals surface area (Å²) in [5.74, 6) is 0.448. The highest BCUT2D eigenvalue weighted by Crippen LogP contribution is 2.21. The number of H-pyrrole nitrogens is 1. The monoisotopic (exact) mass is 364 g/mol. The lowest BCUT2D eigenvalue weighted by molar-refractivity contribution is -0.117. The third-order valence-electron chi connectivity index (χ3n) is 4.50. The van der Waals surface area contributed by atoms with Crippen LogP contribution >= 0.6 is 0 Å². The molecular formula is C21H24N4O2. The first-order chi connectivity index (χ1) is 13.0. The largest absolute Gasteiger partial charge is 0.324 e. The molecule has 2 N–H and O–H groups in total. The summed E-state index contributed by atoms with van der Waals surface area (Å²) in [5.41, 5.74) is 3.54. The summed E-state index contributed by atoms with van der Waals surface area (Å²) in [4.78, 5) is 33.7. The number of anilines is 1. The van der Waals surface area contributed by atoms with Crippen molar-refractivity contribution in [1.82, 2.24) is 14.9 Å². The van der Waals surface area contributed by atoms with E-state index in [0.29, 0.717) is 23.3 Å². The second kappa shape index (κ2) is 8.14. The summed E-state index contributed by atoms with van der Waals surface area (Å²) in [5, 5.41) is 3.58. The number of hydrogen-bond donors (Lipinski definition) is 2. The van der Waals surface area contributed by atoms with Gasteiger partial charge in [-0.2, -0.15) is 0 Å². The number of likely N-dealkylation sites (N-methyl/N-ethyl adjacent to an activating group) is 1. The predicted octanol–water partition coefficient (Wildman–Crippen LogP) is 2.86. The zero-order valence-corrected chi connectivity index (χ0v) is 15.9. The maximum Gasteiger partial charge on any atom is 0.258 e. The molecule has 6 heteroatoms. The first-order valence-electron chi connectivity index (χ1n) is 9.02. The van der Waals surface area contributed by atoms with Crippen molar-refractivity contribution in [1.29, 1.82) is 0 Å². The lowest BCUT2D eigenvalue weighted by Gasteiger charge is -2.18. The predicted molar refractivity (Wildman–Crippen MR) is 108 cm³/mol. The first-order valence-corrected chi connectivity index (χ1v) is 9.02. The Kier molecular flexibility index (Phi) is 5.66. The van der Waals surface area contributed by atoms with Crippen molar-refractivity contribution >= 4 is 22.5 Å². The molecule has 0 aliphatic heterocycles. The number of amides is 1. The number of hydrogen-bond acceptors (Lipinski definition) is 4. The maximum atomic E-state index is 12.5. The van der Waals surface area contributed by atoms with E-state index in [0.717, 1.165) is 23.2 Å². The molecule has 6 nitrogen and oxygen atoms in total. The number of carbonyl (C=O) groups excluding carboxylic acids is 1. The number of benzene rings is 2. The average molecular weight is 364 g/mol. The van der Waals surface area contributed by atoms with E-state index >= 15 is 0 Å². The molecule has 3 rings (SSSR count). The summed E-state index contributed by atoms with van der Waals surface area (Å²) in [7, 11) is 1.83. The van der Waals surface area contributed by atoms with Gasteiger partial charge in [0.2, 0.25) is 5.91 Å². The van der Waals surface area contributed by atoms with Crippen LogP contribution in [0.25, 0.3) is 10.9 Å². The number of aromatic nitrogens is 2. The van der Waals surface area contributed by atoms with Gasteiger partial charge in [-0.25, -0.2) is 4.98 Å². The van der Waals surface area contributed by atoms with E-state index in [9.17, 15) is 9.59 Å². The lowest BCUT2D eigenvalue weighted by Crippen LogP contribution is -2.31. The standard InChI is InChI=1S/C21H24N4O2/c1-4-15-9-7-8-14(2)20(15)24-19(26)13-25(3)12-18-22-17-11-6-5-10-16(17)21(27)23-18/h5-11H,4,12-13H2,1-3H3,(H,24,26)(H,22,23,27). The van der Waals surface area contributed by atoms with E-state index in [1.54, 1.807) is 6.07 Å². The zero-order valence-electron chi connectivity index (χ0n) is 15.9. The molecule has 0 unspecified atom stereocenters. The van der Waals surface area contributed by atoms with Gasteiger partial charge in [-0.3, -0.25) is 14.5 Å². The van der Waals surface area contributed by atoms with Crippen LogP contribution in [-0.2, 0) is 17.8 Å². The molecule has 0 bridgehead atoms. The van der Waals surface area contributed by atoms with Gasteiger partial charge >= 0.3 is 0 Å². The van der Waals surface area contributed by atoms with E-state index in [-0.39, 0.29) is 18.0 Å². The number of carbonyl (C=O) groups is 1. The van der Waals surface area contributed by atoms with Crippen LogP contribution in [-0.4, -0.2) is 34.4 Å². The van der Waals surface area contributed by atoms with Crippen molar-refractivity contribution in [2.45, 2.75) is 26.8 Å². The molecule has 0 atom stereocenters. The summed E-state index contributed by atoms with van der Waals surface area (Å²) in [6, 6.07) is 13.2. The van der Waals surface area contributed by atoms with Gasteiger partial charge < -0.3 is 10.3 Å². The molecule has 0 radical (unpaired) electrons. The van der Waals surface area contributed by atoms with Gasteiger partial charge in [-0.1, -0.05) is 37.3 Å². The quantitative estimate of drug-likeness (QED) is 0.705. The summed E-state index contributed by atoms with van der Waals surface area (Å²) in [6.45, 7) is 4.64. The molecule has 1 amide bonds. The average Bonchev–Trinajstić information content (AvgIpc) is 2.63. The minimum atomic E-state index is -0.166. The van der Waals surface area contributed by atoms with Crippen LogP contribution in [0.5, 0.6) is 0 Å². The number of aromatic amines is 1. The minimum absolute atomic E-state index is 0.0929. The highest BCUT2D eigenvalue weighted by molar-refractivity contribution is 5.93. The highest BCUT2D eigenvalue weighted by Gasteiger charge is 2.12. The molecule has 1 aromatic heterocycles. The van der Waals surface area contributed by atoms with Gasteiger partial charge in [0.05, 0.1) is 24.0 Å². The van der Waals surface area contributed by atoms with Crippen molar-refractivity contribution in [2.24, 2.45) is 0 Å². The SMILES string of the molecule is CCc1cccc(C)c1NC(=O)CN(C)Cc1nc2ccccc2c(=O)[nH]1. The van der Waals surface area contributed by atoms with Gasteiger partial charge in [0.1, 0.15) is 5.82 Å². The van der Waals surface area contributed by atoms with E-state index in [1.807, 2.05) is 55.3 Å². The molecule has 2 aromatic carbocycles. The topological polar surface area (TPSA) is 78.1 Å². The molecule has 0 aliphatic carbocycles. The van der Waals surface area contributed by atoms with Gasteiger partial charge in [0.15, 0.2) is 0 Å². The Balaban J connectivity index is 1.68. The van der Waals surface area contributed by atoms with Crippen molar-refractivity contribution in [3.8, 4) is 0 Å². The summed E-state index contributed by atoms with van der Waals surface area (Å²) in [6.07, 6.45) is 0.857. The second-order valence-corrected chi connectivity index (χ2v) is 6.71. The van der Waals surface area contributed by atoms with Crippen molar-refractivity contribution in [2.75, 3.05) is 18.9 Å². The fraction of sp³-hybridized carbons (Fsp3) is 0.286.